The maximum absolute atomic E-state index is 13.6. The van der Waals surface area contributed by atoms with E-state index in [0.29, 0.717) is 23.0 Å². The second kappa shape index (κ2) is 12.3. The van der Waals surface area contributed by atoms with Crippen LogP contribution in [-0.4, -0.2) is 30.2 Å². The normalized spacial score (nSPS) is 16.3. The Morgan fingerprint density at radius 1 is 0.974 bits per heavy atom. The van der Waals surface area contributed by atoms with E-state index in [1.165, 1.54) is 18.6 Å². The molecule has 1 N–H and O–H groups in total. The zero-order valence-corrected chi connectivity index (χ0v) is 22.2. The molecule has 0 aliphatic heterocycles. The van der Waals surface area contributed by atoms with Crippen molar-refractivity contribution in [1.29, 1.82) is 0 Å². The molecule has 0 saturated heterocycles. The summed E-state index contributed by atoms with van der Waals surface area (Å²) < 4.78 is 40.9. The number of rotatable bonds is 8. The number of pyridine rings is 1. The lowest BCUT2D eigenvalue weighted by Gasteiger charge is -2.23. The van der Waals surface area contributed by atoms with Crippen molar-refractivity contribution in [3.05, 3.63) is 95.2 Å². The Balaban J connectivity index is 1.78. The molecule has 7 heteroatoms. The number of aromatic nitrogens is 1. The third kappa shape index (κ3) is 7.03. The van der Waals surface area contributed by atoms with E-state index in [4.69, 9.17) is 4.99 Å². The molecule has 1 aromatic heterocycles. The summed E-state index contributed by atoms with van der Waals surface area (Å²) >= 11 is 0. The van der Waals surface area contributed by atoms with Gasteiger partial charge in [-0.1, -0.05) is 61.7 Å². The van der Waals surface area contributed by atoms with Gasteiger partial charge >= 0.3 is 6.18 Å². The standard InChI is InChI=1S/C31H35F3N4/c1-22(24-13-8-5-9-14-24)37-28-20-26(17-18-35-28)30(38(2)3)29(36-21-23-11-6-4-7-12-23)25-15-10-16-27(19-25)31(32,33)34/h5,8-10,13-23H,4,6-7,11-12H2,1-3H3,(H,35,37)/b30-29-,36-21+/t22-/m0/s1. The molecule has 0 unspecified atom stereocenters. The lowest BCUT2D eigenvalue weighted by Crippen LogP contribution is -2.14. The quantitative estimate of drug-likeness (QED) is 0.304. The van der Waals surface area contributed by atoms with E-state index in [9.17, 15) is 13.2 Å². The molecule has 3 aromatic rings. The van der Waals surface area contributed by atoms with Crippen molar-refractivity contribution < 1.29 is 13.2 Å². The van der Waals surface area contributed by atoms with Gasteiger partial charge in [0, 0.05) is 43.7 Å². The van der Waals surface area contributed by atoms with Crippen molar-refractivity contribution in [2.24, 2.45) is 10.9 Å². The van der Waals surface area contributed by atoms with Crippen LogP contribution in [0.2, 0.25) is 0 Å². The minimum absolute atomic E-state index is 0.0259. The Bertz CT molecular complexity index is 1260. The molecule has 1 fully saturated rings. The summed E-state index contributed by atoms with van der Waals surface area (Å²) in [6, 6.07) is 19.3. The molecule has 200 valence electrons. The van der Waals surface area contributed by atoms with Crippen LogP contribution in [0, 0.1) is 5.92 Å². The number of alkyl halides is 3. The van der Waals surface area contributed by atoms with Crippen LogP contribution >= 0.6 is 0 Å². The van der Waals surface area contributed by atoms with E-state index in [-0.39, 0.29) is 6.04 Å². The van der Waals surface area contributed by atoms with Crippen LogP contribution in [0.1, 0.15) is 67.3 Å². The Morgan fingerprint density at radius 3 is 2.39 bits per heavy atom. The van der Waals surface area contributed by atoms with E-state index >= 15 is 0 Å². The molecule has 0 radical (unpaired) electrons. The molecule has 1 aliphatic rings. The SMILES string of the molecule is C[C@H](Nc1cc(/C(=C(/N=C/C2CCCCC2)c2cccc(C(F)(F)F)c2)N(C)C)ccn1)c1ccccc1. The monoisotopic (exact) mass is 520 g/mol. The van der Waals surface area contributed by atoms with Gasteiger partial charge in [-0.05, 0) is 55.5 Å². The molecule has 4 rings (SSSR count). The molecule has 38 heavy (non-hydrogen) atoms. The molecule has 1 saturated carbocycles. The van der Waals surface area contributed by atoms with Gasteiger partial charge in [0.15, 0.2) is 0 Å². The topological polar surface area (TPSA) is 40.5 Å². The van der Waals surface area contributed by atoms with Crippen molar-refractivity contribution in [2.75, 3.05) is 19.4 Å². The number of anilines is 1. The van der Waals surface area contributed by atoms with Gasteiger partial charge in [0.05, 0.1) is 17.0 Å². The van der Waals surface area contributed by atoms with Crippen LogP contribution in [0.3, 0.4) is 0 Å². The van der Waals surface area contributed by atoms with E-state index in [1.54, 1.807) is 12.3 Å². The summed E-state index contributed by atoms with van der Waals surface area (Å²) in [5.74, 6) is 1.01. The Labute approximate surface area is 223 Å². The zero-order chi connectivity index (χ0) is 27.1. The Morgan fingerprint density at radius 2 is 1.71 bits per heavy atom. The van der Waals surface area contributed by atoms with Gasteiger partial charge in [0.2, 0.25) is 0 Å². The van der Waals surface area contributed by atoms with Gasteiger partial charge in [0.25, 0.3) is 0 Å². The highest BCUT2D eigenvalue weighted by Crippen LogP contribution is 2.35. The summed E-state index contributed by atoms with van der Waals surface area (Å²) in [4.78, 5) is 11.3. The number of aliphatic imine (C=N–C) groups is 1. The molecule has 4 nitrogen and oxygen atoms in total. The highest BCUT2D eigenvalue weighted by Gasteiger charge is 2.31. The van der Waals surface area contributed by atoms with Crippen molar-refractivity contribution in [1.82, 2.24) is 9.88 Å². The van der Waals surface area contributed by atoms with Crippen LogP contribution in [0.4, 0.5) is 19.0 Å². The minimum Gasteiger partial charge on any atom is -0.375 e. The summed E-state index contributed by atoms with van der Waals surface area (Å²) in [6.45, 7) is 2.06. The number of benzene rings is 2. The molecule has 0 spiro atoms. The first-order chi connectivity index (χ1) is 18.2. The summed E-state index contributed by atoms with van der Waals surface area (Å²) in [5.41, 5.74) is 2.94. The largest absolute Gasteiger partial charge is 0.416 e. The highest BCUT2D eigenvalue weighted by molar-refractivity contribution is 5.92. The first-order valence-electron chi connectivity index (χ1n) is 13.1. The lowest BCUT2D eigenvalue weighted by molar-refractivity contribution is -0.137. The fourth-order valence-corrected chi connectivity index (χ4v) is 4.89. The summed E-state index contributed by atoms with van der Waals surface area (Å²) in [7, 11) is 3.78. The van der Waals surface area contributed by atoms with Crippen LogP contribution < -0.4 is 5.32 Å². The summed E-state index contributed by atoms with van der Waals surface area (Å²) in [5, 5.41) is 3.44. The van der Waals surface area contributed by atoms with Gasteiger partial charge in [-0.2, -0.15) is 13.2 Å². The molecular formula is C31H35F3N4. The number of halogens is 3. The van der Waals surface area contributed by atoms with E-state index in [2.05, 4.69) is 29.4 Å². The predicted molar refractivity (Wildman–Crippen MR) is 150 cm³/mol. The first-order valence-corrected chi connectivity index (χ1v) is 13.1. The third-order valence-corrected chi connectivity index (χ3v) is 6.90. The van der Waals surface area contributed by atoms with Gasteiger partial charge in [-0.15, -0.1) is 0 Å². The highest BCUT2D eigenvalue weighted by atomic mass is 19.4. The molecule has 1 aliphatic carbocycles. The van der Waals surface area contributed by atoms with Crippen molar-refractivity contribution in [3.63, 3.8) is 0 Å². The summed E-state index contributed by atoms with van der Waals surface area (Å²) in [6.07, 6.45) is 4.85. The lowest BCUT2D eigenvalue weighted by atomic mass is 9.90. The zero-order valence-electron chi connectivity index (χ0n) is 22.2. The smallest absolute Gasteiger partial charge is 0.375 e. The maximum atomic E-state index is 13.6. The second-order valence-corrected chi connectivity index (χ2v) is 10.1. The molecule has 1 heterocycles. The third-order valence-electron chi connectivity index (χ3n) is 6.90. The second-order valence-electron chi connectivity index (χ2n) is 10.1. The first kappa shape index (κ1) is 27.4. The Kier molecular flexibility index (Phi) is 8.87. The van der Waals surface area contributed by atoms with Crippen LogP contribution in [0.5, 0.6) is 0 Å². The number of hydrogen-bond acceptors (Lipinski definition) is 4. The predicted octanol–water partition coefficient (Wildman–Crippen LogP) is 8.31. The fraction of sp³-hybridized carbons (Fsp3) is 0.355. The molecule has 2 aromatic carbocycles. The fourth-order valence-electron chi connectivity index (χ4n) is 4.89. The van der Waals surface area contributed by atoms with E-state index in [0.717, 1.165) is 48.6 Å². The van der Waals surface area contributed by atoms with Crippen molar-refractivity contribution in [3.8, 4) is 0 Å². The molecule has 0 amide bonds. The van der Waals surface area contributed by atoms with E-state index in [1.807, 2.05) is 55.5 Å². The van der Waals surface area contributed by atoms with Crippen molar-refractivity contribution in [2.45, 2.75) is 51.2 Å². The van der Waals surface area contributed by atoms with Gasteiger partial charge < -0.3 is 10.2 Å². The van der Waals surface area contributed by atoms with Crippen LogP contribution in [0.25, 0.3) is 11.4 Å². The maximum Gasteiger partial charge on any atom is 0.416 e. The number of hydrogen-bond donors (Lipinski definition) is 1. The van der Waals surface area contributed by atoms with Gasteiger partial charge in [-0.3, -0.25) is 4.99 Å². The molecule has 0 bridgehead atoms. The van der Waals surface area contributed by atoms with Crippen LogP contribution in [0.15, 0.2) is 77.9 Å². The Hall–Kier alpha value is -3.61. The van der Waals surface area contributed by atoms with Gasteiger partial charge in [-0.25, -0.2) is 4.98 Å². The van der Waals surface area contributed by atoms with Gasteiger partial charge in [0.1, 0.15) is 5.82 Å². The average Bonchev–Trinajstić information content (AvgIpc) is 2.91. The average molecular weight is 521 g/mol. The van der Waals surface area contributed by atoms with Crippen LogP contribution in [-0.2, 0) is 6.18 Å². The number of nitrogens with one attached hydrogen (secondary N) is 1. The van der Waals surface area contributed by atoms with Crippen molar-refractivity contribution >= 4 is 23.4 Å². The molecule has 1 atom stereocenters. The van der Waals surface area contributed by atoms with E-state index < -0.39 is 11.7 Å². The minimum atomic E-state index is -4.44. The molecular weight excluding hydrogens is 485 g/mol. The number of nitrogens with zero attached hydrogens (tertiary/aromatic N) is 3.